The summed E-state index contributed by atoms with van der Waals surface area (Å²) >= 11 is 0. The van der Waals surface area contributed by atoms with Crippen molar-refractivity contribution >= 4 is 47.1 Å². The monoisotopic (exact) mass is 745 g/mol. The van der Waals surface area contributed by atoms with Crippen molar-refractivity contribution in [3.05, 3.63) is 89.5 Å². The average Bonchev–Trinajstić information content (AvgIpc) is 3.08. The molecule has 0 spiro atoms. The largest absolute Gasteiger partial charge is 0.497 e. The molecule has 0 fully saturated rings. The van der Waals surface area contributed by atoms with Gasteiger partial charge in [0.2, 0.25) is 17.7 Å². The van der Waals surface area contributed by atoms with E-state index in [2.05, 4.69) is 26.6 Å². The van der Waals surface area contributed by atoms with Gasteiger partial charge in [0.05, 0.1) is 13.5 Å². The van der Waals surface area contributed by atoms with Gasteiger partial charge < -0.3 is 41.5 Å². The molecule has 3 aromatic rings. The maximum atomic E-state index is 13.5. The average molecular weight is 746 g/mol. The summed E-state index contributed by atoms with van der Waals surface area (Å²) < 4.78 is 5.12. The number of carboxylic acid groups (broad SMARTS) is 2. The summed E-state index contributed by atoms with van der Waals surface area (Å²) in [6.07, 6.45) is 0.0202. The first kappa shape index (κ1) is 42.5. The smallest absolute Gasteiger partial charge is 0.326 e. The molecule has 0 saturated carbocycles. The van der Waals surface area contributed by atoms with Crippen molar-refractivity contribution in [2.24, 2.45) is 11.3 Å². The van der Waals surface area contributed by atoms with Crippen molar-refractivity contribution in [1.29, 1.82) is 0 Å². The van der Waals surface area contributed by atoms with E-state index in [-0.39, 0.29) is 43.4 Å². The SMILES string of the molecule is COc1ccc(NC(=O)Nc2ccc(CC(=O)NC(CC(C)C)C(=O)NC(Cc3ccccc3CC(NC(=O)CC(C)(C)C)C(=O)O)C(=O)O)cc2)cc1. The summed E-state index contributed by atoms with van der Waals surface area (Å²) in [5, 5.41) is 33.2. The molecule has 54 heavy (non-hydrogen) atoms. The topological polar surface area (TPSA) is 212 Å². The number of rotatable bonds is 18. The maximum Gasteiger partial charge on any atom is 0.326 e. The lowest BCUT2D eigenvalue weighted by molar-refractivity contribution is -0.142. The molecule has 0 aromatic heterocycles. The van der Waals surface area contributed by atoms with Crippen molar-refractivity contribution < 1.29 is 43.7 Å². The summed E-state index contributed by atoms with van der Waals surface area (Å²) in [7, 11) is 1.55. The lowest BCUT2D eigenvalue weighted by atomic mass is 9.91. The number of benzene rings is 3. The highest BCUT2D eigenvalue weighted by atomic mass is 16.5. The Balaban J connectivity index is 1.64. The van der Waals surface area contributed by atoms with Gasteiger partial charge >= 0.3 is 18.0 Å². The number of anilines is 2. The first-order valence-corrected chi connectivity index (χ1v) is 17.6. The number of carboxylic acids is 2. The van der Waals surface area contributed by atoms with Gasteiger partial charge in [0.25, 0.3) is 0 Å². The van der Waals surface area contributed by atoms with Crippen LogP contribution < -0.4 is 31.3 Å². The lowest BCUT2D eigenvalue weighted by Crippen LogP contribution is -2.53. The quantitative estimate of drug-likeness (QED) is 0.0954. The molecule has 290 valence electrons. The molecule has 0 aliphatic rings. The standard InChI is InChI=1S/C40H51N5O9/c1-24(2)19-31(43-34(46)20-25-11-13-28(14-12-25)41-39(53)42-29-15-17-30(54-6)18-16-29)36(48)45-33(38(51)52)22-27-10-8-7-9-26(27)21-32(37(49)50)44-35(47)23-40(3,4)5/h7-18,24,31-33H,19-23H2,1-6H3,(H,43,46)(H,44,47)(H,45,48)(H,49,50)(H,51,52)(H2,41,42,53). The number of nitrogens with one attached hydrogen (secondary N) is 5. The minimum Gasteiger partial charge on any atom is -0.497 e. The fourth-order valence-electron chi connectivity index (χ4n) is 5.60. The lowest BCUT2D eigenvalue weighted by Gasteiger charge is -2.24. The Morgan fingerprint density at radius 2 is 1.15 bits per heavy atom. The molecule has 0 bridgehead atoms. The van der Waals surface area contributed by atoms with Crippen LogP contribution in [-0.4, -0.2) is 71.1 Å². The fourth-order valence-corrected chi connectivity index (χ4v) is 5.60. The molecule has 0 aliphatic heterocycles. The zero-order valence-corrected chi connectivity index (χ0v) is 31.5. The molecule has 3 rings (SSSR count). The zero-order valence-electron chi connectivity index (χ0n) is 31.5. The molecule has 3 aromatic carbocycles. The van der Waals surface area contributed by atoms with Crippen LogP contribution in [0.15, 0.2) is 72.8 Å². The third-order valence-electron chi connectivity index (χ3n) is 8.19. The van der Waals surface area contributed by atoms with Gasteiger partial charge in [-0.3, -0.25) is 14.4 Å². The Hall–Kier alpha value is -5.92. The number of ether oxygens (including phenoxy) is 1. The second-order valence-corrected chi connectivity index (χ2v) is 14.7. The van der Waals surface area contributed by atoms with Crippen molar-refractivity contribution in [2.45, 2.75) is 84.8 Å². The molecular weight excluding hydrogens is 694 g/mol. The van der Waals surface area contributed by atoms with Crippen LogP contribution in [0.4, 0.5) is 16.2 Å². The summed E-state index contributed by atoms with van der Waals surface area (Å²) in [6, 6.07) is 16.0. The Labute approximate surface area is 315 Å². The molecule has 0 heterocycles. The van der Waals surface area contributed by atoms with Gasteiger partial charge in [0, 0.05) is 30.6 Å². The van der Waals surface area contributed by atoms with Gasteiger partial charge in [-0.1, -0.05) is 71.0 Å². The van der Waals surface area contributed by atoms with Crippen LogP contribution in [0.1, 0.15) is 64.2 Å². The first-order valence-electron chi connectivity index (χ1n) is 17.6. The molecule has 0 radical (unpaired) electrons. The molecule has 7 N–H and O–H groups in total. The maximum absolute atomic E-state index is 13.5. The Morgan fingerprint density at radius 1 is 0.667 bits per heavy atom. The Morgan fingerprint density at radius 3 is 1.61 bits per heavy atom. The Bertz CT molecular complexity index is 1770. The van der Waals surface area contributed by atoms with Crippen LogP contribution in [0.3, 0.4) is 0 Å². The van der Waals surface area contributed by atoms with Gasteiger partial charge in [0.15, 0.2) is 0 Å². The number of carbonyl (C=O) groups is 6. The number of carbonyl (C=O) groups excluding carboxylic acids is 4. The van der Waals surface area contributed by atoms with Crippen LogP contribution in [0.2, 0.25) is 0 Å². The van der Waals surface area contributed by atoms with Gasteiger partial charge in [-0.05, 0) is 70.8 Å². The highest BCUT2D eigenvalue weighted by Crippen LogP contribution is 2.20. The molecule has 0 saturated heterocycles. The van der Waals surface area contributed by atoms with Crippen LogP contribution in [0.5, 0.6) is 5.75 Å². The minimum atomic E-state index is -1.40. The third-order valence-corrected chi connectivity index (χ3v) is 8.19. The van der Waals surface area contributed by atoms with Gasteiger partial charge in [-0.25, -0.2) is 14.4 Å². The van der Waals surface area contributed by atoms with Crippen LogP contribution in [0.25, 0.3) is 0 Å². The first-order chi connectivity index (χ1) is 25.4. The highest BCUT2D eigenvalue weighted by Gasteiger charge is 2.29. The summed E-state index contributed by atoms with van der Waals surface area (Å²) in [4.78, 5) is 76.0. The highest BCUT2D eigenvalue weighted by molar-refractivity contribution is 5.99. The van der Waals surface area contributed by atoms with E-state index in [4.69, 9.17) is 4.74 Å². The second kappa shape index (κ2) is 19.8. The molecule has 3 unspecified atom stereocenters. The molecule has 14 nitrogen and oxygen atoms in total. The number of hydrogen-bond donors (Lipinski definition) is 7. The molecule has 3 atom stereocenters. The predicted octanol–water partition coefficient (Wildman–Crippen LogP) is 4.77. The van der Waals surface area contributed by atoms with E-state index in [1.807, 2.05) is 34.6 Å². The normalized spacial score (nSPS) is 12.8. The van der Waals surface area contributed by atoms with E-state index < -0.39 is 53.8 Å². The van der Waals surface area contributed by atoms with E-state index >= 15 is 0 Å². The van der Waals surface area contributed by atoms with E-state index in [1.54, 1.807) is 79.9 Å². The molecular formula is C40H51N5O9. The summed E-state index contributed by atoms with van der Waals surface area (Å²) in [5.41, 5.74) is 2.33. The van der Waals surface area contributed by atoms with Crippen LogP contribution in [-0.2, 0) is 43.2 Å². The fraction of sp³-hybridized carbons (Fsp3) is 0.400. The minimum absolute atomic E-state index is 0.0269. The number of urea groups is 1. The summed E-state index contributed by atoms with van der Waals surface area (Å²) in [5.74, 6) is -3.47. The van der Waals surface area contributed by atoms with Crippen LogP contribution in [0, 0.1) is 11.3 Å². The van der Waals surface area contributed by atoms with Gasteiger partial charge in [0.1, 0.15) is 23.9 Å². The Kier molecular flexibility index (Phi) is 15.6. The number of amides is 5. The van der Waals surface area contributed by atoms with E-state index in [9.17, 15) is 39.0 Å². The third kappa shape index (κ3) is 14.6. The van der Waals surface area contributed by atoms with Crippen molar-refractivity contribution in [3.8, 4) is 5.75 Å². The molecule has 14 heteroatoms. The number of aliphatic carboxylic acids is 2. The van der Waals surface area contributed by atoms with Crippen molar-refractivity contribution in [1.82, 2.24) is 16.0 Å². The van der Waals surface area contributed by atoms with E-state index in [0.717, 1.165) is 0 Å². The molecule has 5 amide bonds. The van der Waals surface area contributed by atoms with Gasteiger partial charge in [-0.15, -0.1) is 0 Å². The van der Waals surface area contributed by atoms with Crippen molar-refractivity contribution in [3.63, 3.8) is 0 Å². The van der Waals surface area contributed by atoms with Gasteiger partial charge in [-0.2, -0.15) is 0 Å². The zero-order chi connectivity index (χ0) is 40.0. The molecule has 0 aliphatic carbocycles. The van der Waals surface area contributed by atoms with E-state index in [1.165, 1.54) is 0 Å². The number of methoxy groups -OCH3 is 1. The number of hydrogen-bond acceptors (Lipinski definition) is 7. The van der Waals surface area contributed by atoms with E-state index in [0.29, 0.717) is 33.8 Å². The second-order valence-electron chi connectivity index (χ2n) is 14.7. The summed E-state index contributed by atoms with van der Waals surface area (Å²) in [6.45, 7) is 9.33. The van der Waals surface area contributed by atoms with Crippen LogP contribution >= 0.6 is 0 Å². The van der Waals surface area contributed by atoms with Crippen molar-refractivity contribution in [2.75, 3.05) is 17.7 Å². The predicted molar refractivity (Wildman–Crippen MR) is 204 cm³/mol.